The monoisotopic (exact) mass is 344 g/mol. The lowest BCUT2D eigenvalue weighted by atomic mass is 10.0. The van der Waals surface area contributed by atoms with Crippen LogP contribution < -0.4 is 0 Å². The van der Waals surface area contributed by atoms with Crippen LogP contribution in [-0.4, -0.2) is 9.38 Å². The van der Waals surface area contributed by atoms with E-state index in [0.717, 1.165) is 16.9 Å². The number of aromatic nitrogens is 2. The van der Waals surface area contributed by atoms with Crippen LogP contribution in [0.2, 0.25) is 0 Å². The first-order valence-electron chi connectivity index (χ1n) is 8.34. The van der Waals surface area contributed by atoms with Crippen LogP contribution in [0.4, 0.5) is 15.9 Å². The first-order valence-corrected chi connectivity index (χ1v) is 8.34. The predicted octanol–water partition coefficient (Wildman–Crippen LogP) is 6.17. The number of aryl methyl sites for hydroxylation is 2. The summed E-state index contributed by atoms with van der Waals surface area (Å²) in [5, 5.41) is 8.60. The number of azo groups is 1. The number of nitrogens with zero attached hydrogens (tertiary/aromatic N) is 4. The number of rotatable bonds is 3. The minimum absolute atomic E-state index is 0.339. The molecule has 4 rings (SSSR count). The van der Waals surface area contributed by atoms with Crippen molar-refractivity contribution in [1.29, 1.82) is 0 Å². The molecule has 0 bridgehead atoms. The highest BCUT2D eigenvalue weighted by atomic mass is 19.1. The molecular formula is C21H17FN4. The zero-order valence-corrected chi connectivity index (χ0v) is 14.5. The predicted molar refractivity (Wildman–Crippen MR) is 101 cm³/mol. The molecule has 2 aromatic heterocycles. The summed E-state index contributed by atoms with van der Waals surface area (Å²) in [7, 11) is 0. The molecule has 0 aliphatic rings. The normalized spacial score (nSPS) is 11.5. The van der Waals surface area contributed by atoms with Gasteiger partial charge in [0.25, 0.3) is 0 Å². The molecule has 4 nitrogen and oxygen atoms in total. The standard InChI is InChI=1S/C21H17FN4/c1-14-9-10-16(12-15(14)2)20-21(26-11-4-3-8-19(26)23-20)25-24-18-7-5-6-17(22)13-18/h3-13H,1-2H3. The Hall–Kier alpha value is -3.34. The molecule has 26 heavy (non-hydrogen) atoms. The molecule has 2 heterocycles. The third-order valence-corrected chi connectivity index (χ3v) is 4.35. The van der Waals surface area contributed by atoms with Gasteiger partial charge in [-0.05, 0) is 55.3 Å². The zero-order chi connectivity index (χ0) is 18.1. The molecule has 0 spiro atoms. The van der Waals surface area contributed by atoms with Crippen LogP contribution in [0.15, 0.2) is 77.1 Å². The number of halogens is 1. The van der Waals surface area contributed by atoms with E-state index in [1.807, 2.05) is 34.9 Å². The van der Waals surface area contributed by atoms with E-state index < -0.39 is 0 Å². The van der Waals surface area contributed by atoms with Gasteiger partial charge < -0.3 is 0 Å². The largest absolute Gasteiger partial charge is 0.283 e. The molecule has 2 aromatic carbocycles. The van der Waals surface area contributed by atoms with Gasteiger partial charge in [0.05, 0.1) is 5.69 Å². The third kappa shape index (κ3) is 2.99. The highest BCUT2D eigenvalue weighted by molar-refractivity contribution is 5.75. The Kier molecular flexibility index (Phi) is 4.05. The van der Waals surface area contributed by atoms with Gasteiger partial charge in [0, 0.05) is 17.8 Å². The third-order valence-electron chi connectivity index (χ3n) is 4.35. The van der Waals surface area contributed by atoms with Crippen LogP contribution in [0.5, 0.6) is 0 Å². The van der Waals surface area contributed by atoms with E-state index in [2.05, 4.69) is 36.2 Å². The molecule has 0 fully saturated rings. The molecular weight excluding hydrogens is 327 g/mol. The van der Waals surface area contributed by atoms with Crippen molar-refractivity contribution in [2.45, 2.75) is 13.8 Å². The maximum Gasteiger partial charge on any atom is 0.187 e. The van der Waals surface area contributed by atoms with Gasteiger partial charge in [0.1, 0.15) is 17.2 Å². The van der Waals surface area contributed by atoms with Crippen molar-refractivity contribution in [2.24, 2.45) is 10.2 Å². The van der Waals surface area contributed by atoms with E-state index in [4.69, 9.17) is 4.98 Å². The first kappa shape index (κ1) is 16.1. The Morgan fingerprint density at radius 3 is 2.58 bits per heavy atom. The molecule has 0 amide bonds. The van der Waals surface area contributed by atoms with Gasteiger partial charge in [0.15, 0.2) is 5.82 Å². The van der Waals surface area contributed by atoms with Crippen molar-refractivity contribution in [2.75, 3.05) is 0 Å². The number of imidazole rings is 1. The number of pyridine rings is 1. The second kappa shape index (κ2) is 6.52. The summed E-state index contributed by atoms with van der Waals surface area (Å²) in [5.41, 5.74) is 5.38. The number of hydrogen-bond donors (Lipinski definition) is 0. The van der Waals surface area contributed by atoms with Gasteiger partial charge in [-0.2, -0.15) is 0 Å². The Bertz CT molecular complexity index is 1130. The van der Waals surface area contributed by atoms with E-state index >= 15 is 0 Å². The van der Waals surface area contributed by atoms with Crippen molar-refractivity contribution >= 4 is 17.2 Å². The first-order chi connectivity index (χ1) is 12.6. The van der Waals surface area contributed by atoms with Crippen molar-refractivity contribution in [3.05, 3.63) is 83.8 Å². The van der Waals surface area contributed by atoms with Gasteiger partial charge in [-0.3, -0.25) is 4.40 Å². The van der Waals surface area contributed by atoms with Gasteiger partial charge in [-0.1, -0.05) is 24.3 Å². The molecule has 0 radical (unpaired) electrons. The summed E-state index contributed by atoms with van der Waals surface area (Å²) in [6, 6.07) is 18.0. The molecule has 0 aliphatic heterocycles. The van der Waals surface area contributed by atoms with Crippen LogP contribution in [0, 0.1) is 19.7 Å². The van der Waals surface area contributed by atoms with E-state index in [1.165, 1.54) is 23.3 Å². The molecule has 0 atom stereocenters. The zero-order valence-electron chi connectivity index (χ0n) is 14.5. The molecule has 0 saturated heterocycles. The topological polar surface area (TPSA) is 42.0 Å². The Balaban J connectivity index is 1.88. The van der Waals surface area contributed by atoms with Crippen molar-refractivity contribution in [3.8, 4) is 11.3 Å². The molecule has 4 aromatic rings. The van der Waals surface area contributed by atoms with Gasteiger partial charge in [-0.25, -0.2) is 9.37 Å². The minimum atomic E-state index is -0.339. The Morgan fingerprint density at radius 1 is 0.885 bits per heavy atom. The lowest BCUT2D eigenvalue weighted by Crippen LogP contribution is -1.84. The van der Waals surface area contributed by atoms with Crippen molar-refractivity contribution < 1.29 is 4.39 Å². The second-order valence-corrected chi connectivity index (χ2v) is 6.19. The fourth-order valence-electron chi connectivity index (χ4n) is 2.80. The average molecular weight is 344 g/mol. The van der Waals surface area contributed by atoms with E-state index in [9.17, 15) is 4.39 Å². The summed E-state index contributed by atoms with van der Waals surface area (Å²) < 4.78 is 15.3. The summed E-state index contributed by atoms with van der Waals surface area (Å²) in [4.78, 5) is 4.72. The molecule has 0 unspecified atom stereocenters. The number of fused-ring (bicyclic) bond motifs is 1. The lowest BCUT2D eigenvalue weighted by Gasteiger charge is -2.04. The summed E-state index contributed by atoms with van der Waals surface area (Å²) in [5.74, 6) is 0.280. The maximum absolute atomic E-state index is 13.4. The molecule has 0 saturated carbocycles. The highest BCUT2D eigenvalue weighted by Gasteiger charge is 2.14. The van der Waals surface area contributed by atoms with Gasteiger partial charge >= 0.3 is 0 Å². The van der Waals surface area contributed by atoms with Crippen LogP contribution in [0.1, 0.15) is 11.1 Å². The van der Waals surface area contributed by atoms with E-state index in [0.29, 0.717) is 11.5 Å². The number of benzene rings is 2. The highest BCUT2D eigenvalue weighted by Crippen LogP contribution is 2.33. The lowest BCUT2D eigenvalue weighted by molar-refractivity contribution is 0.628. The van der Waals surface area contributed by atoms with Gasteiger partial charge in [0.2, 0.25) is 0 Å². The quantitative estimate of drug-likeness (QED) is 0.410. The summed E-state index contributed by atoms with van der Waals surface area (Å²) in [6.45, 7) is 4.15. The van der Waals surface area contributed by atoms with Crippen molar-refractivity contribution in [3.63, 3.8) is 0 Å². The maximum atomic E-state index is 13.4. The van der Waals surface area contributed by atoms with Gasteiger partial charge in [-0.15, -0.1) is 10.2 Å². The molecule has 0 N–H and O–H groups in total. The molecule has 5 heteroatoms. The van der Waals surface area contributed by atoms with E-state index in [1.54, 1.807) is 12.1 Å². The Labute approximate surface area is 150 Å². The van der Waals surface area contributed by atoms with Crippen LogP contribution in [-0.2, 0) is 0 Å². The fourth-order valence-corrected chi connectivity index (χ4v) is 2.80. The van der Waals surface area contributed by atoms with Crippen LogP contribution >= 0.6 is 0 Å². The average Bonchev–Trinajstić information content (AvgIpc) is 3.01. The number of hydrogen-bond acceptors (Lipinski definition) is 3. The van der Waals surface area contributed by atoms with Crippen LogP contribution in [0.25, 0.3) is 16.9 Å². The second-order valence-electron chi connectivity index (χ2n) is 6.19. The Morgan fingerprint density at radius 2 is 1.77 bits per heavy atom. The molecule has 0 aliphatic carbocycles. The van der Waals surface area contributed by atoms with Crippen molar-refractivity contribution in [1.82, 2.24) is 9.38 Å². The molecule has 128 valence electrons. The van der Waals surface area contributed by atoms with E-state index in [-0.39, 0.29) is 5.82 Å². The summed E-state index contributed by atoms with van der Waals surface area (Å²) in [6.07, 6.45) is 1.90. The SMILES string of the molecule is Cc1ccc(-c2nc3ccccn3c2N=Nc2cccc(F)c2)cc1C. The fraction of sp³-hybridized carbons (Fsp3) is 0.0952. The smallest absolute Gasteiger partial charge is 0.187 e. The minimum Gasteiger partial charge on any atom is -0.283 e. The summed E-state index contributed by atoms with van der Waals surface area (Å²) >= 11 is 0. The van der Waals surface area contributed by atoms with Crippen LogP contribution in [0.3, 0.4) is 0 Å².